The van der Waals surface area contributed by atoms with Crippen LogP contribution in [0.15, 0.2) is 24.0 Å². The SMILES string of the molecule is Cc1cnc(C(=O)NC23CCCC(NC(=O)c4nccs4)(CC2)C3)cn1. The lowest BCUT2D eigenvalue weighted by Crippen LogP contribution is -2.55. The summed E-state index contributed by atoms with van der Waals surface area (Å²) in [5, 5.41) is 8.68. The Morgan fingerprint density at radius 1 is 1.00 bits per heavy atom. The summed E-state index contributed by atoms with van der Waals surface area (Å²) in [6.45, 7) is 1.84. The maximum atomic E-state index is 12.6. The zero-order valence-electron chi connectivity index (χ0n) is 14.6. The molecule has 0 radical (unpaired) electrons. The molecule has 136 valence electrons. The Bertz CT molecular complexity index is 823. The molecule has 7 nitrogen and oxygen atoms in total. The molecule has 2 aliphatic rings. The molecule has 2 bridgehead atoms. The third kappa shape index (κ3) is 3.21. The molecule has 0 aliphatic heterocycles. The molecule has 0 aromatic carbocycles. The zero-order chi connectivity index (χ0) is 18.2. The van der Waals surface area contributed by atoms with Crippen molar-refractivity contribution in [2.75, 3.05) is 0 Å². The quantitative estimate of drug-likeness (QED) is 0.859. The fraction of sp³-hybridized carbons (Fsp3) is 0.500. The molecule has 2 fully saturated rings. The van der Waals surface area contributed by atoms with Crippen LogP contribution in [0.2, 0.25) is 0 Å². The second-order valence-corrected chi connectivity index (χ2v) is 8.27. The Kier molecular flexibility index (Phi) is 4.22. The molecule has 2 unspecified atom stereocenters. The number of hydrogen-bond donors (Lipinski definition) is 2. The summed E-state index contributed by atoms with van der Waals surface area (Å²) in [7, 11) is 0. The van der Waals surface area contributed by atoms with Crippen molar-refractivity contribution in [3.8, 4) is 0 Å². The molecule has 4 rings (SSSR count). The number of nitrogens with one attached hydrogen (secondary N) is 2. The minimum atomic E-state index is -0.280. The van der Waals surface area contributed by atoms with E-state index in [1.54, 1.807) is 17.8 Å². The average molecular weight is 371 g/mol. The summed E-state index contributed by atoms with van der Waals surface area (Å²) in [5.41, 5.74) is 0.577. The number of amides is 2. The van der Waals surface area contributed by atoms with Crippen LogP contribution in [0.1, 0.15) is 64.5 Å². The molecule has 2 heterocycles. The monoisotopic (exact) mass is 371 g/mol. The number of fused-ring (bicyclic) bond motifs is 2. The van der Waals surface area contributed by atoms with E-state index in [4.69, 9.17) is 0 Å². The maximum absolute atomic E-state index is 12.6. The minimum absolute atomic E-state index is 0.117. The predicted octanol–water partition coefficient (Wildman–Crippen LogP) is 2.25. The lowest BCUT2D eigenvalue weighted by atomic mass is 9.78. The van der Waals surface area contributed by atoms with Gasteiger partial charge in [-0.05, 0) is 45.4 Å². The van der Waals surface area contributed by atoms with Gasteiger partial charge in [0.05, 0.1) is 11.9 Å². The highest BCUT2D eigenvalue weighted by molar-refractivity contribution is 7.11. The minimum Gasteiger partial charge on any atom is -0.345 e. The molecule has 0 saturated heterocycles. The van der Waals surface area contributed by atoms with E-state index in [1.165, 1.54) is 17.5 Å². The summed E-state index contributed by atoms with van der Waals surface area (Å²) in [6, 6.07) is 0. The highest BCUT2D eigenvalue weighted by Gasteiger charge is 2.52. The van der Waals surface area contributed by atoms with Crippen LogP contribution in [0.3, 0.4) is 0 Å². The Morgan fingerprint density at radius 3 is 2.35 bits per heavy atom. The van der Waals surface area contributed by atoms with E-state index in [0.717, 1.165) is 44.2 Å². The molecule has 2 atom stereocenters. The Balaban J connectivity index is 1.47. The number of aromatic nitrogens is 3. The summed E-state index contributed by atoms with van der Waals surface area (Å²) in [6.07, 6.45) is 10.1. The normalized spacial score (nSPS) is 27.1. The predicted molar refractivity (Wildman–Crippen MR) is 97.0 cm³/mol. The van der Waals surface area contributed by atoms with Gasteiger partial charge in [0, 0.05) is 28.9 Å². The zero-order valence-corrected chi connectivity index (χ0v) is 15.4. The van der Waals surface area contributed by atoms with Gasteiger partial charge in [0.1, 0.15) is 5.69 Å². The van der Waals surface area contributed by atoms with Gasteiger partial charge in [-0.15, -0.1) is 11.3 Å². The summed E-state index contributed by atoms with van der Waals surface area (Å²) < 4.78 is 0. The summed E-state index contributed by atoms with van der Waals surface area (Å²) >= 11 is 1.34. The number of aryl methyl sites for hydroxylation is 1. The molecular weight excluding hydrogens is 350 g/mol. The van der Waals surface area contributed by atoms with Crippen LogP contribution in [0.5, 0.6) is 0 Å². The third-order valence-electron chi connectivity index (χ3n) is 5.47. The molecular formula is C18H21N5O2S. The van der Waals surface area contributed by atoms with Crippen LogP contribution >= 0.6 is 11.3 Å². The van der Waals surface area contributed by atoms with Crippen LogP contribution < -0.4 is 10.6 Å². The first-order valence-corrected chi connectivity index (χ1v) is 9.71. The average Bonchev–Trinajstić information content (AvgIpc) is 3.23. The Labute approximate surface area is 155 Å². The third-order valence-corrected chi connectivity index (χ3v) is 6.24. The molecule has 2 N–H and O–H groups in total. The van der Waals surface area contributed by atoms with E-state index < -0.39 is 0 Å². The van der Waals surface area contributed by atoms with Crippen molar-refractivity contribution in [3.63, 3.8) is 0 Å². The van der Waals surface area contributed by atoms with Gasteiger partial charge < -0.3 is 10.6 Å². The maximum Gasteiger partial charge on any atom is 0.280 e. The second-order valence-electron chi connectivity index (χ2n) is 7.38. The van der Waals surface area contributed by atoms with Gasteiger partial charge in [-0.2, -0.15) is 0 Å². The van der Waals surface area contributed by atoms with Crippen molar-refractivity contribution < 1.29 is 9.59 Å². The van der Waals surface area contributed by atoms with Crippen molar-refractivity contribution >= 4 is 23.2 Å². The smallest absolute Gasteiger partial charge is 0.280 e. The fourth-order valence-electron chi connectivity index (χ4n) is 4.28. The van der Waals surface area contributed by atoms with Gasteiger partial charge in [0.15, 0.2) is 5.01 Å². The second kappa shape index (κ2) is 6.42. The molecule has 2 amide bonds. The van der Waals surface area contributed by atoms with Crippen LogP contribution in [0, 0.1) is 6.92 Å². The lowest BCUT2D eigenvalue weighted by molar-refractivity contribution is 0.0829. The molecule has 2 aromatic rings. The van der Waals surface area contributed by atoms with E-state index in [1.807, 2.05) is 6.92 Å². The molecule has 8 heteroatoms. The summed E-state index contributed by atoms with van der Waals surface area (Å²) in [4.78, 5) is 37.5. The van der Waals surface area contributed by atoms with Gasteiger partial charge in [-0.25, -0.2) is 9.97 Å². The fourth-order valence-corrected chi connectivity index (χ4v) is 4.81. The van der Waals surface area contributed by atoms with E-state index in [9.17, 15) is 9.59 Å². The Morgan fingerprint density at radius 2 is 1.73 bits per heavy atom. The highest BCUT2D eigenvalue weighted by Crippen LogP contribution is 2.48. The first-order chi connectivity index (χ1) is 12.5. The number of nitrogens with zero attached hydrogens (tertiary/aromatic N) is 3. The van der Waals surface area contributed by atoms with E-state index in [-0.39, 0.29) is 22.9 Å². The molecule has 2 aliphatic carbocycles. The van der Waals surface area contributed by atoms with E-state index >= 15 is 0 Å². The first-order valence-electron chi connectivity index (χ1n) is 8.83. The Hall–Kier alpha value is -2.35. The van der Waals surface area contributed by atoms with Crippen molar-refractivity contribution in [1.82, 2.24) is 25.6 Å². The number of carbonyl (C=O) groups is 2. The van der Waals surface area contributed by atoms with Crippen LogP contribution in [-0.4, -0.2) is 37.8 Å². The van der Waals surface area contributed by atoms with Gasteiger partial charge in [0.25, 0.3) is 11.8 Å². The molecule has 2 saturated carbocycles. The topological polar surface area (TPSA) is 96.9 Å². The number of rotatable bonds is 4. The van der Waals surface area contributed by atoms with E-state index in [0.29, 0.717) is 10.7 Å². The van der Waals surface area contributed by atoms with Crippen LogP contribution in [-0.2, 0) is 0 Å². The lowest BCUT2D eigenvalue weighted by Gasteiger charge is -2.40. The van der Waals surface area contributed by atoms with Gasteiger partial charge in [-0.3, -0.25) is 14.6 Å². The van der Waals surface area contributed by atoms with Gasteiger partial charge >= 0.3 is 0 Å². The van der Waals surface area contributed by atoms with Crippen molar-refractivity contribution in [2.24, 2.45) is 0 Å². The number of hydrogen-bond acceptors (Lipinski definition) is 6. The number of carbonyl (C=O) groups excluding carboxylic acids is 2. The molecule has 0 spiro atoms. The first kappa shape index (κ1) is 17.1. The van der Waals surface area contributed by atoms with Crippen molar-refractivity contribution in [2.45, 2.75) is 56.5 Å². The summed E-state index contributed by atoms with van der Waals surface area (Å²) in [5.74, 6) is -0.310. The van der Waals surface area contributed by atoms with Crippen molar-refractivity contribution in [1.29, 1.82) is 0 Å². The van der Waals surface area contributed by atoms with Crippen LogP contribution in [0.4, 0.5) is 0 Å². The molecule has 26 heavy (non-hydrogen) atoms. The number of thiazole rings is 1. The van der Waals surface area contributed by atoms with Gasteiger partial charge in [-0.1, -0.05) is 0 Å². The molecule has 2 aromatic heterocycles. The van der Waals surface area contributed by atoms with Crippen LogP contribution in [0.25, 0.3) is 0 Å². The van der Waals surface area contributed by atoms with Crippen molar-refractivity contribution in [3.05, 3.63) is 40.4 Å². The van der Waals surface area contributed by atoms with Gasteiger partial charge in [0.2, 0.25) is 0 Å². The van der Waals surface area contributed by atoms with E-state index in [2.05, 4.69) is 25.6 Å². The standard InChI is InChI=1S/C18H21N5O2S/c1-12-9-21-13(10-20-12)14(24)22-17-3-2-4-18(11-17,6-5-17)23-15(25)16-19-7-8-26-16/h7-10H,2-6,11H2,1H3,(H,22,24)(H,23,25). The largest absolute Gasteiger partial charge is 0.345 e. The highest BCUT2D eigenvalue weighted by atomic mass is 32.1.